The summed E-state index contributed by atoms with van der Waals surface area (Å²) in [5.74, 6) is 3.39. The van der Waals surface area contributed by atoms with Crippen LogP contribution in [0.15, 0.2) is 267 Å². The van der Waals surface area contributed by atoms with Crippen LogP contribution < -0.4 is 19.8 Å². The number of nitrogens with zero attached hydrogens (tertiary/aromatic N) is 7. The molecule has 0 unspecified atom stereocenters. The predicted octanol–water partition coefficient (Wildman–Crippen LogP) is 29.1. The minimum atomic E-state index is -2.91. The summed E-state index contributed by atoms with van der Waals surface area (Å²) in [6, 6.07) is 93.7. The molecule has 3 fully saturated rings. The Kier molecular flexibility index (Phi) is 14.4. The fraction of sp³-hybridized carbons (Fsp3) is 0.202. The predicted molar refractivity (Wildman–Crippen MR) is 506 cm³/mol. The van der Waals surface area contributed by atoms with Crippen LogP contribution in [0.1, 0.15) is 157 Å². The molecule has 2 aliphatic heterocycles. The first-order chi connectivity index (χ1) is 62.1. The lowest BCUT2D eigenvalue weighted by Gasteiger charge is -2.37. The Balaban J connectivity index is 0.000000141. The normalized spacial score (nSPS) is 17.3. The number of thiazole rings is 2. The van der Waals surface area contributed by atoms with Gasteiger partial charge in [0.2, 0.25) is 5.78 Å². The first-order valence-corrected chi connectivity index (χ1v) is 47.8. The van der Waals surface area contributed by atoms with E-state index in [2.05, 4.69) is 234 Å². The van der Waals surface area contributed by atoms with E-state index >= 15 is 0 Å². The number of aromatic nitrogens is 7. The van der Waals surface area contributed by atoms with Crippen LogP contribution in [-0.4, -0.2) is 40.8 Å². The molecule has 14 aromatic carbocycles. The molecule has 6 aromatic heterocycles. The highest BCUT2D eigenvalue weighted by Crippen LogP contribution is 2.59. The summed E-state index contributed by atoms with van der Waals surface area (Å²) in [6.07, 6.45) is 12.9. The quantitative estimate of drug-likeness (QED) is 0.149. The standard InChI is InChI=1S/C58H47N3OSi.C51H42N4OS2/c1-35-29-30-54-53(31-35)62-57-55(63(54,3)4)34-52(61-51-28-16-15-27-50(51)60-49-26-14-13-25-48(49)59-58(60)61)36(2)56(57)47-33-46-43-24-12-10-22-41(43)39-20-8-7-19-38(39)40-21-9-11-23-42(40)45(46)32-44(47)37-17-5-6-18-37;1-51(2)37-25-35(31-17-11-22-42-47(31)53-50-55(42)41-21-9-10-24-46(41)57-50)33(29-13-3-4-14-29)27-44(37)56-45-28-34(30-15-5-6-16-30)36(26-38(45)51)32-18-12-23-43-48(32)58-49-52-39-19-7-8-20-40(39)54(43)49/h7-16,19-34,37H,5-6,17-18H2,1-4H3;7-12,17-30H,3-6,13-16H2,1-2H3/i1D3,2D3,37D;. The Morgan fingerprint density at radius 3 is 1.57 bits per heavy atom. The van der Waals surface area contributed by atoms with Gasteiger partial charge in [-0.2, -0.15) is 0 Å². The number of imidazole rings is 4. The molecule has 588 valence electrons. The van der Waals surface area contributed by atoms with E-state index in [1.54, 1.807) is 23.5 Å². The van der Waals surface area contributed by atoms with Crippen LogP contribution >= 0.6 is 22.7 Å². The number of fused-ring (bicyclic) bond motifs is 27. The second kappa shape index (κ2) is 27.0. The molecule has 20 aromatic rings. The third kappa shape index (κ3) is 10.7. The molecule has 0 spiro atoms. The van der Waals surface area contributed by atoms with E-state index < -0.39 is 27.7 Å². The molecule has 9 nitrogen and oxygen atoms in total. The van der Waals surface area contributed by atoms with Crippen LogP contribution in [0, 0.1) is 13.7 Å². The summed E-state index contributed by atoms with van der Waals surface area (Å²) in [6.45, 7) is 4.13. The van der Waals surface area contributed by atoms with Gasteiger partial charge in [-0.05, 0) is 279 Å². The van der Waals surface area contributed by atoms with Crippen molar-refractivity contribution < 1.29 is 19.1 Å². The van der Waals surface area contributed by atoms with Crippen molar-refractivity contribution in [2.45, 2.75) is 141 Å². The molecule has 4 aliphatic carbocycles. The lowest BCUT2D eigenvalue weighted by Crippen LogP contribution is -2.56. The van der Waals surface area contributed by atoms with E-state index in [-0.39, 0.29) is 16.5 Å². The first kappa shape index (κ1) is 64.5. The lowest BCUT2D eigenvalue weighted by molar-refractivity contribution is 0.416. The van der Waals surface area contributed by atoms with Gasteiger partial charge in [0.15, 0.2) is 9.92 Å². The molecule has 0 N–H and O–H groups in total. The van der Waals surface area contributed by atoms with Gasteiger partial charge in [-0.1, -0.05) is 246 Å². The zero-order valence-electron chi connectivity index (χ0n) is 74.8. The third-order valence-electron chi connectivity index (χ3n) is 28.1. The molecule has 0 radical (unpaired) electrons. The molecule has 8 heterocycles. The van der Waals surface area contributed by atoms with E-state index in [1.165, 1.54) is 127 Å². The summed E-state index contributed by atoms with van der Waals surface area (Å²) < 4.78 is 91.0. The SMILES string of the molecule is CC1(C)c2cc(-c3cccc4c3nc3sc5ccccc5n34)c(C3CCCC3)cc2Oc2cc(C3CCCC3)c(-c3cccc4c3sc3nc5ccccc5n34)cc21.[2H]C([2H])([2H])c1ccc2c(c1)Oc1c(cc(-n3c4ccccc4n4c5ccccc5nc34)c(C([2H])([2H])[2H])c1-c1cc3c(cc1C1([2H])CCCC1)-c1ccccc1-c1ccccc1-c1ccccc1-3)[Si]2(C)C. The minimum absolute atomic E-state index is 0.0782. The molecule has 0 atom stereocenters. The topological polar surface area (TPSA) is 75.3 Å². The number of para-hydroxylation sites is 8. The Hall–Kier alpha value is -12.5. The maximum absolute atomic E-state index is 10.5. The van der Waals surface area contributed by atoms with Gasteiger partial charge >= 0.3 is 0 Å². The molecular weight excluding hydrogens is 1530 g/mol. The van der Waals surface area contributed by atoms with E-state index in [1.807, 2.05) is 76.6 Å². The van der Waals surface area contributed by atoms with Crippen molar-refractivity contribution in [2.24, 2.45) is 0 Å². The van der Waals surface area contributed by atoms with Gasteiger partial charge in [0, 0.05) is 42.8 Å². The number of hydrogen-bond donors (Lipinski definition) is 0. The van der Waals surface area contributed by atoms with Crippen LogP contribution in [0.4, 0.5) is 0 Å². The van der Waals surface area contributed by atoms with Crippen molar-refractivity contribution in [1.82, 2.24) is 32.7 Å². The van der Waals surface area contributed by atoms with Gasteiger partial charge in [0.05, 0.1) is 70.3 Å². The largest absolute Gasteiger partial charge is 0.457 e. The average molecular weight is 1630 g/mol. The summed E-state index contributed by atoms with van der Waals surface area (Å²) in [5, 5.41) is 1.78. The van der Waals surface area contributed by atoms with Crippen molar-refractivity contribution in [1.29, 1.82) is 0 Å². The maximum Gasteiger partial charge on any atom is 0.220 e. The van der Waals surface area contributed by atoms with Crippen LogP contribution in [0.2, 0.25) is 13.1 Å². The van der Waals surface area contributed by atoms with Crippen molar-refractivity contribution in [3.05, 3.63) is 306 Å². The summed E-state index contributed by atoms with van der Waals surface area (Å²) in [5.41, 5.74) is 31.2. The van der Waals surface area contributed by atoms with Crippen molar-refractivity contribution in [3.8, 4) is 107 Å². The van der Waals surface area contributed by atoms with Crippen LogP contribution in [0.3, 0.4) is 0 Å². The highest BCUT2D eigenvalue weighted by Gasteiger charge is 2.43. The Morgan fingerprint density at radius 2 is 0.917 bits per heavy atom. The average Bonchev–Trinajstić information content (AvgIpc) is 1.58. The van der Waals surface area contributed by atoms with Gasteiger partial charge < -0.3 is 9.47 Å². The van der Waals surface area contributed by atoms with Crippen LogP contribution in [-0.2, 0) is 5.41 Å². The molecule has 26 rings (SSSR count). The minimum Gasteiger partial charge on any atom is -0.457 e. The summed E-state index contributed by atoms with van der Waals surface area (Å²) in [7, 11) is -2.91. The van der Waals surface area contributed by atoms with Crippen LogP contribution in [0.25, 0.3) is 164 Å². The molecule has 6 aliphatic rings. The molecule has 0 amide bonds. The fourth-order valence-electron chi connectivity index (χ4n) is 22.2. The van der Waals surface area contributed by atoms with Gasteiger partial charge in [0.25, 0.3) is 0 Å². The van der Waals surface area contributed by atoms with Crippen molar-refractivity contribution in [2.75, 3.05) is 0 Å². The first-order valence-electron chi connectivity index (χ1n) is 46.6. The zero-order valence-corrected chi connectivity index (χ0v) is 70.4. The monoisotopic (exact) mass is 1630 g/mol. The number of ether oxygens (including phenoxy) is 2. The van der Waals surface area contributed by atoms with E-state index in [9.17, 15) is 5.48 Å². The second-order valence-electron chi connectivity index (χ2n) is 35.4. The molecule has 121 heavy (non-hydrogen) atoms. The summed E-state index contributed by atoms with van der Waals surface area (Å²) in [4.78, 5) is 17.8. The van der Waals surface area contributed by atoms with Crippen molar-refractivity contribution in [3.63, 3.8) is 0 Å². The molecule has 12 heteroatoms. The van der Waals surface area contributed by atoms with Crippen molar-refractivity contribution >= 4 is 121 Å². The summed E-state index contributed by atoms with van der Waals surface area (Å²) >= 11 is 3.59. The third-order valence-corrected chi connectivity index (χ3v) is 33.7. The Labute approximate surface area is 721 Å². The highest BCUT2D eigenvalue weighted by molar-refractivity contribution is 7.24. The second-order valence-corrected chi connectivity index (χ2v) is 41.7. The van der Waals surface area contributed by atoms with Gasteiger partial charge in [-0.15, -0.1) is 0 Å². The fourth-order valence-corrected chi connectivity index (χ4v) is 27.1. The van der Waals surface area contributed by atoms with E-state index in [0.29, 0.717) is 58.8 Å². The molecule has 0 saturated heterocycles. The van der Waals surface area contributed by atoms with Gasteiger partial charge in [-0.3, -0.25) is 17.8 Å². The number of benzene rings is 14. The van der Waals surface area contributed by atoms with E-state index in [0.717, 1.165) is 128 Å². The Morgan fingerprint density at radius 1 is 0.397 bits per heavy atom. The zero-order chi connectivity index (χ0) is 86.3. The van der Waals surface area contributed by atoms with Gasteiger partial charge in [-0.25, -0.2) is 15.0 Å². The lowest BCUT2D eigenvalue weighted by atomic mass is 9.72. The van der Waals surface area contributed by atoms with Crippen LogP contribution in [0.5, 0.6) is 23.0 Å². The van der Waals surface area contributed by atoms with Gasteiger partial charge in [0.1, 0.15) is 31.1 Å². The maximum atomic E-state index is 10.5. The smallest absolute Gasteiger partial charge is 0.220 e. The molecule has 0 bridgehead atoms. The molecular formula is C109H89N7O2S2Si. The number of hydrogen-bond acceptors (Lipinski definition) is 7. The highest BCUT2D eigenvalue weighted by atomic mass is 32.1. The molecule has 3 saturated carbocycles. The Bertz CT molecular complexity index is 7920. The number of aryl methyl sites for hydroxylation is 1. The van der Waals surface area contributed by atoms with E-state index in [4.69, 9.17) is 28.5 Å². The number of rotatable bonds is 7.